The van der Waals surface area contributed by atoms with Crippen molar-refractivity contribution >= 4 is 6.03 Å². The standard InChI is InChI=1S/C15H21FN2O3/c1-10(12-3-4-13(16)14(7-12)21-2)17-15(20)18-6-5-11(8-18)9-19/h3-4,7,10-11,19H,5-6,8-9H2,1-2H3,(H,17,20). The van der Waals surface area contributed by atoms with Crippen molar-refractivity contribution in [2.24, 2.45) is 5.92 Å². The van der Waals surface area contributed by atoms with Crippen LogP contribution in [0.15, 0.2) is 18.2 Å². The predicted octanol–water partition coefficient (Wildman–Crippen LogP) is 1.92. The number of carbonyl (C=O) groups is 1. The fraction of sp³-hybridized carbons (Fsp3) is 0.533. The van der Waals surface area contributed by atoms with Gasteiger partial charge in [-0.15, -0.1) is 0 Å². The average Bonchev–Trinajstić information content (AvgIpc) is 2.96. The maximum absolute atomic E-state index is 13.4. The van der Waals surface area contributed by atoms with Gasteiger partial charge in [0.15, 0.2) is 11.6 Å². The van der Waals surface area contributed by atoms with Crippen LogP contribution >= 0.6 is 0 Å². The van der Waals surface area contributed by atoms with E-state index in [1.807, 2.05) is 6.92 Å². The summed E-state index contributed by atoms with van der Waals surface area (Å²) in [5, 5.41) is 12.0. The van der Waals surface area contributed by atoms with Crippen LogP contribution in [0.2, 0.25) is 0 Å². The van der Waals surface area contributed by atoms with E-state index >= 15 is 0 Å². The van der Waals surface area contributed by atoms with E-state index in [-0.39, 0.29) is 30.3 Å². The molecule has 5 nitrogen and oxygen atoms in total. The van der Waals surface area contributed by atoms with Crippen molar-refractivity contribution in [3.05, 3.63) is 29.6 Å². The monoisotopic (exact) mass is 296 g/mol. The fourth-order valence-electron chi connectivity index (χ4n) is 2.47. The van der Waals surface area contributed by atoms with Gasteiger partial charge in [-0.25, -0.2) is 9.18 Å². The van der Waals surface area contributed by atoms with Gasteiger partial charge in [-0.3, -0.25) is 0 Å². The molecule has 6 heteroatoms. The summed E-state index contributed by atoms with van der Waals surface area (Å²) in [6.07, 6.45) is 0.822. The number of halogens is 1. The summed E-state index contributed by atoms with van der Waals surface area (Å²) in [4.78, 5) is 13.8. The third kappa shape index (κ3) is 3.64. The Balaban J connectivity index is 1.98. The Hall–Kier alpha value is -1.82. The minimum atomic E-state index is -0.426. The van der Waals surface area contributed by atoms with Gasteiger partial charge in [0.25, 0.3) is 0 Å². The second kappa shape index (κ2) is 6.76. The minimum absolute atomic E-state index is 0.106. The maximum Gasteiger partial charge on any atom is 0.317 e. The van der Waals surface area contributed by atoms with Gasteiger partial charge < -0.3 is 20.1 Å². The van der Waals surface area contributed by atoms with Gasteiger partial charge in [0.05, 0.1) is 13.2 Å². The van der Waals surface area contributed by atoms with E-state index in [4.69, 9.17) is 9.84 Å². The molecule has 2 atom stereocenters. The van der Waals surface area contributed by atoms with Crippen LogP contribution in [-0.4, -0.2) is 42.8 Å². The second-order valence-electron chi connectivity index (χ2n) is 5.35. The second-order valence-corrected chi connectivity index (χ2v) is 5.35. The Morgan fingerprint density at radius 3 is 3.00 bits per heavy atom. The number of ether oxygens (including phenoxy) is 1. The first-order valence-corrected chi connectivity index (χ1v) is 7.05. The lowest BCUT2D eigenvalue weighted by Crippen LogP contribution is -2.39. The van der Waals surface area contributed by atoms with Crippen molar-refractivity contribution in [1.29, 1.82) is 0 Å². The van der Waals surface area contributed by atoms with Crippen LogP contribution in [0.25, 0.3) is 0 Å². The molecule has 1 aliphatic rings. The lowest BCUT2D eigenvalue weighted by Gasteiger charge is -2.21. The van der Waals surface area contributed by atoms with Crippen LogP contribution in [0.5, 0.6) is 5.75 Å². The molecular weight excluding hydrogens is 275 g/mol. The van der Waals surface area contributed by atoms with Crippen molar-refractivity contribution in [2.75, 3.05) is 26.8 Å². The molecular formula is C15H21FN2O3. The Bertz CT molecular complexity index is 510. The SMILES string of the molecule is COc1cc(C(C)NC(=O)N2CCC(CO)C2)ccc1F. The first-order chi connectivity index (χ1) is 10.0. The lowest BCUT2D eigenvalue weighted by atomic mass is 10.1. The van der Waals surface area contributed by atoms with Crippen molar-refractivity contribution in [1.82, 2.24) is 10.2 Å². The zero-order valence-electron chi connectivity index (χ0n) is 12.3. The Labute approximate surface area is 123 Å². The summed E-state index contributed by atoms with van der Waals surface area (Å²) in [7, 11) is 1.41. The van der Waals surface area contributed by atoms with Gasteiger partial charge in [-0.2, -0.15) is 0 Å². The molecule has 1 aromatic carbocycles. The molecule has 0 spiro atoms. The summed E-state index contributed by atoms with van der Waals surface area (Å²) in [5.41, 5.74) is 0.777. The number of likely N-dealkylation sites (tertiary alicyclic amines) is 1. The van der Waals surface area contributed by atoms with Gasteiger partial charge in [0.2, 0.25) is 0 Å². The fourth-order valence-corrected chi connectivity index (χ4v) is 2.47. The summed E-state index contributed by atoms with van der Waals surface area (Å²) in [5.74, 6) is -0.0998. The summed E-state index contributed by atoms with van der Waals surface area (Å²) in [6.45, 7) is 3.16. The number of urea groups is 1. The molecule has 0 radical (unpaired) electrons. The van der Waals surface area contributed by atoms with Crippen LogP contribution in [0, 0.1) is 11.7 Å². The molecule has 21 heavy (non-hydrogen) atoms. The Morgan fingerprint density at radius 2 is 2.38 bits per heavy atom. The van der Waals surface area contributed by atoms with E-state index in [2.05, 4.69) is 5.32 Å². The van der Waals surface area contributed by atoms with E-state index in [1.54, 1.807) is 17.0 Å². The molecule has 2 unspecified atom stereocenters. The largest absolute Gasteiger partial charge is 0.494 e. The molecule has 2 N–H and O–H groups in total. The van der Waals surface area contributed by atoms with E-state index < -0.39 is 5.82 Å². The first-order valence-electron chi connectivity index (χ1n) is 7.05. The highest BCUT2D eigenvalue weighted by Crippen LogP contribution is 2.23. The highest BCUT2D eigenvalue weighted by atomic mass is 19.1. The van der Waals surface area contributed by atoms with Crippen molar-refractivity contribution < 1.29 is 19.0 Å². The maximum atomic E-state index is 13.4. The third-order valence-electron chi connectivity index (χ3n) is 3.85. The smallest absolute Gasteiger partial charge is 0.317 e. The van der Waals surface area contributed by atoms with E-state index in [0.29, 0.717) is 13.1 Å². The number of carbonyl (C=O) groups excluding carboxylic acids is 1. The lowest BCUT2D eigenvalue weighted by molar-refractivity contribution is 0.195. The average molecular weight is 296 g/mol. The van der Waals surface area contributed by atoms with E-state index in [0.717, 1.165) is 12.0 Å². The van der Waals surface area contributed by atoms with E-state index in [9.17, 15) is 9.18 Å². The molecule has 1 aromatic rings. The number of hydrogen-bond acceptors (Lipinski definition) is 3. The minimum Gasteiger partial charge on any atom is -0.494 e. The highest BCUT2D eigenvalue weighted by molar-refractivity contribution is 5.75. The zero-order chi connectivity index (χ0) is 15.4. The highest BCUT2D eigenvalue weighted by Gasteiger charge is 2.26. The van der Waals surface area contributed by atoms with Gasteiger partial charge in [-0.05, 0) is 31.0 Å². The van der Waals surface area contributed by atoms with Gasteiger partial charge in [-0.1, -0.05) is 6.07 Å². The number of hydrogen-bond donors (Lipinski definition) is 2. The third-order valence-corrected chi connectivity index (χ3v) is 3.85. The molecule has 0 saturated carbocycles. The normalized spacial score (nSPS) is 19.4. The van der Waals surface area contributed by atoms with Crippen LogP contribution in [0.3, 0.4) is 0 Å². The van der Waals surface area contributed by atoms with Crippen LogP contribution < -0.4 is 10.1 Å². The van der Waals surface area contributed by atoms with Crippen LogP contribution in [0.4, 0.5) is 9.18 Å². The Morgan fingerprint density at radius 1 is 1.62 bits per heavy atom. The number of nitrogens with zero attached hydrogens (tertiary/aromatic N) is 1. The molecule has 0 aromatic heterocycles. The number of aliphatic hydroxyl groups is 1. The molecule has 1 saturated heterocycles. The van der Waals surface area contributed by atoms with Crippen molar-refractivity contribution in [2.45, 2.75) is 19.4 Å². The summed E-state index contributed by atoms with van der Waals surface area (Å²) in [6, 6.07) is 4.13. The topological polar surface area (TPSA) is 61.8 Å². The van der Waals surface area contributed by atoms with Crippen LogP contribution in [-0.2, 0) is 0 Å². The zero-order valence-corrected chi connectivity index (χ0v) is 12.3. The van der Waals surface area contributed by atoms with Crippen LogP contribution in [0.1, 0.15) is 24.9 Å². The number of nitrogens with one attached hydrogen (secondary N) is 1. The molecule has 1 aliphatic heterocycles. The van der Waals surface area contributed by atoms with Crippen molar-refractivity contribution in [3.8, 4) is 5.75 Å². The van der Waals surface area contributed by atoms with Gasteiger partial charge in [0, 0.05) is 25.6 Å². The first kappa shape index (κ1) is 15.6. The molecule has 2 amide bonds. The quantitative estimate of drug-likeness (QED) is 0.892. The molecule has 0 bridgehead atoms. The number of aliphatic hydroxyl groups excluding tert-OH is 1. The van der Waals surface area contributed by atoms with Gasteiger partial charge >= 0.3 is 6.03 Å². The molecule has 0 aliphatic carbocycles. The predicted molar refractivity (Wildman–Crippen MR) is 76.7 cm³/mol. The van der Waals surface area contributed by atoms with Crippen molar-refractivity contribution in [3.63, 3.8) is 0 Å². The van der Waals surface area contributed by atoms with Gasteiger partial charge in [0.1, 0.15) is 0 Å². The summed E-state index contributed by atoms with van der Waals surface area (Å²) < 4.78 is 18.3. The van der Waals surface area contributed by atoms with E-state index in [1.165, 1.54) is 13.2 Å². The molecule has 116 valence electrons. The molecule has 1 fully saturated rings. The number of methoxy groups -OCH3 is 1. The number of benzene rings is 1. The molecule has 2 rings (SSSR count). The number of amides is 2. The Kier molecular flexibility index (Phi) is 5.01. The number of rotatable bonds is 4. The molecule has 1 heterocycles. The summed E-state index contributed by atoms with van der Waals surface area (Å²) >= 11 is 0.